The van der Waals surface area contributed by atoms with Crippen LogP contribution < -0.4 is 0 Å². The molecule has 0 bridgehead atoms. The van der Waals surface area contributed by atoms with E-state index < -0.39 is 5.97 Å². The highest BCUT2D eigenvalue weighted by Crippen LogP contribution is 2.30. The summed E-state index contributed by atoms with van der Waals surface area (Å²) in [5, 5.41) is 8.79. The zero-order valence-electron chi connectivity index (χ0n) is 11.9. The van der Waals surface area contributed by atoms with Gasteiger partial charge in [0.15, 0.2) is 0 Å². The van der Waals surface area contributed by atoms with E-state index in [-0.39, 0.29) is 6.42 Å². The summed E-state index contributed by atoms with van der Waals surface area (Å²) >= 11 is 0. The Bertz CT molecular complexity index is 585. The summed E-state index contributed by atoms with van der Waals surface area (Å²) in [6.07, 6.45) is 4.29. The Hall–Kier alpha value is -2.07. The maximum absolute atomic E-state index is 10.7. The van der Waals surface area contributed by atoms with Gasteiger partial charge in [-0.2, -0.15) is 0 Å². The number of carboxylic acids is 1. The minimum atomic E-state index is -0.792. The van der Waals surface area contributed by atoms with Crippen molar-refractivity contribution in [2.75, 3.05) is 0 Å². The van der Waals surface area contributed by atoms with Crippen LogP contribution in [0, 0.1) is 0 Å². The fourth-order valence-electron chi connectivity index (χ4n) is 2.53. The van der Waals surface area contributed by atoms with Gasteiger partial charge in [-0.1, -0.05) is 24.3 Å². The molecule has 1 aromatic heterocycles. The highest BCUT2D eigenvalue weighted by atomic mass is 16.4. The molecular formula is C17H19NO3. The average Bonchev–Trinajstić information content (AvgIpc) is 3.18. The van der Waals surface area contributed by atoms with E-state index in [9.17, 15) is 4.79 Å². The third-order valence-electron chi connectivity index (χ3n) is 3.77. The minimum absolute atomic E-state index is 0.0824. The van der Waals surface area contributed by atoms with Crippen molar-refractivity contribution in [3.8, 4) is 0 Å². The predicted molar refractivity (Wildman–Crippen MR) is 78.8 cm³/mol. The van der Waals surface area contributed by atoms with Crippen LogP contribution in [0.1, 0.15) is 29.7 Å². The number of nitrogens with zero attached hydrogens (tertiary/aromatic N) is 1. The molecule has 1 aliphatic rings. The fourth-order valence-corrected chi connectivity index (χ4v) is 2.53. The first kappa shape index (κ1) is 13.9. The number of hydrogen-bond donors (Lipinski definition) is 1. The van der Waals surface area contributed by atoms with E-state index in [1.54, 1.807) is 6.26 Å². The van der Waals surface area contributed by atoms with E-state index in [4.69, 9.17) is 9.52 Å². The largest absolute Gasteiger partial charge is 0.481 e. The van der Waals surface area contributed by atoms with Gasteiger partial charge in [-0.15, -0.1) is 0 Å². The van der Waals surface area contributed by atoms with Gasteiger partial charge in [0, 0.05) is 12.6 Å². The Labute approximate surface area is 124 Å². The maximum Gasteiger partial charge on any atom is 0.307 e. The first-order chi connectivity index (χ1) is 10.2. The molecule has 1 N–H and O–H groups in total. The molecule has 2 aromatic rings. The SMILES string of the molecule is O=C(O)Cc1ccc(CN(Cc2ccco2)C2CC2)cc1. The molecule has 1 saturated carbocycles. The van der Waals surface area contributed by atoms with Gasteiger partial charge in [-0.05, 0) is 36.1 Å². The number of benzene rings is 1. The first-order valence-corrected chi connectivity index (χ1v) is 7.27. The van der Waals surface area contributed by atoms with Crippen molar-refractivity contribution in [3.63, 3.8) is 0 Å². The average molecular weight is 285 g/mol. The number of carboxylic acid groups (broad SMARTS) is 1. The predicted octanol–water partition coefficient (Wildman–Crippen LogP) is 3.07. The van der Waals surface area contributed by atoms with E-state index in [0.717, 1.165) is 24.4 Å². The molecule has 0 saturated heterocycles. The maximum atomic E-state index is 10.7. The first-order valence-electron chi connectivity index (χ1n) is 7.27. The van der Waals surface area contributed by atoms with Gasteiger partial charge in [0.2, 0.25) is 0 Å². The molecule has 1 aromatic carbocycles. The molecule has 0 unspecified atom stereocenters. The third-order valence-corrected chi connectivity index (χ3v) is 3.77. The van der Waals surface area contributed by atoms with Crippen LogP contribution >= 0.6 is 0 Å². The molecule has 1 heterocycles. The Balaban J connectivity index is 1.64. The van der Waals surface area contributed by atoms with Crippen molar-refractivity contribution in [3.05, 3.63) is 59.5 Å². The van der Waals surface area contributed by atoms with E-state index in [0.29, 0.717) is 6.04 Å². The van der Waals surface area contributed by atoms with E-state index in [1.165, 1.54) is 18.4 Å². The van der Waals surface area contributed by atoms with E-state index in [2.05, 4.69) is 4.90 Å². The molecule has 0 atom stereocenters. The van der Waals surface area contributed by atoms with Crippen molar-refractivity contribution < 1.29 is 14.3 Å². The topological polar surface area (TPSA) is 53.7 Å². The van der Waals surface area contributed by atoms with Gasteiger partial charge < -0.3 is 9.52 Å². The number of rotatable bonds is 7. The van der Waals surface area contributed by atoms with Crippen LogP contribution in [0.5, 0.6) is 0 Å². The standard InChI is InChI=1S/C17H19NO3/c19-17(20)10-13-3-5-14(6-4-13)11-18(15-7-8-15)12-16-2-1-9-21-16/h1-6,9,15H,7-8,10-12H2,(H,19,20). The number of aliphatic carboxylic acids is 1. The van der Waals surface area contributed by atoms with E-state index >= 15 is 0 Å². The Morgan fingerprint density at radius 2 is 1.86 bits per heavy atom. The van der Waals surface area contributed by atoms with Gasteiger partial charge in [0.25, 0.3) is 0 Å². The van der Waals surface area contributed by atoms with Crippen molar-refractivity contribution >= 4 is 5.97 Å². The highest BCUT2D eigenvalue weighted by Gasteiger charge is 2.29. The lowest BCUT2D eigenvalue weighted by Crippen LogP contribution is -2.24. The van der Waals surface area contributed by atoms with Crippen LogP contribution in [0.25, 0.3) is 0 Å². The molecule has 110 valence electrons. The van der Waals surface area contributed by atoms with Crippen LogP contribution in [-0.4, -0.2) is 22.0 Å². The molecule has 0 amide bonds. The Kier molecular flexibility index (Phi) is 4.06. The van der Waals surface area contributed by atoms with Crippen LogP contribution in [0.15, 0.2) is 47.1 Å². The van der Waals surface area contributed by atoms with Crippen LogP contribution in [-0.2, 0) is 24.3 Å². The number of hydrogen-bond acceptors (Lipinski definition) is 3. The summed E-state index contributed by atoms with van der Waals surface area (Å²) < 4.78 is 5.44. The van der Waals surface area contributed by atoms with Crippen molar-refractivity contribution in [1.82, 2.24) is 4.90 Å². The highest BCUT2D eigenvalue weighted by molar-refractivity contribution is 5.70. The normalized spacial score (nSPS) is 14.5. The van der Waals surface area contributed by atoms with Gasteiger partial charge in [-0.3, -0.25) is 9.69 Å². The summed E-state index contributed by atoms with van der Waals surface area (Å²) in [5.74, 6) is 0.199. The molecular weight excluding hydrogens is 266 g/mol. The van der Waals surface area contributed by atoms with Crippen LogP contribution in [0.4, 0.5) is 0 Å². The number of furan rings is 1. The quantitative estimate of drug-likeness (QED) is 0.849. The lowest BCUT2D eigenvalue weighted by molar-refractivity contribution is -0.136. The van der Waals surface area contributed by atoms with Crippen LogP contribution in [0.2, 0.25) is 0 Å². The molecule has 4 nitrogen and oxygen atoms in total. The van der Waals surface area contributed by atoms with Gasteiger partial charge in [0.1, 0.15) is 5.76 Å². The molecule has 1 fully saturated rings. The smallest absolute Gasteiger partial charge is 0.307 e. The molecule has 3 rings (SSSR count). The zero-order chi connectivity index (χ0) is 14.7. The Morgan fingerprint density at radius 3 is 2.43 bits per heavy atom. The van der Waals surface area contributed by atoms with Crippen molar-refractivity contribution in [2.24, 2.45) is 0 Å². The van der Waals surface area contributed by atoms with E-state index in [1.807, 2.05) is 36.4 Å². The molecule has 1 aliphatic carbocycles. The second-order valence-electron chi connectivity index (χ2n) is 5.60. The third kappa shape index (κ3) is 3.95. The second-order valence-corrected chi connectivity index (χ2v) is 5.60. The monoisotopic (exact) mass is 285 g/mol. The molecule has 4 heteroatoms. The lowest BCUT2D eigenvalue weighted by atomic mass is 10.1. The second kappa shape index (κ2) is 6.14. The fraction of sp³-hybridized carbons (Fsp3) is 0.353. The molecule has 0 aliphatic heterocycles. The molecule has 0 radical (unpaired) electrons. The summed E-state index contributed by atoms with van der Waals surface area (Å²) in [6, 6.07) is 12.4. The zero-order valence-corrected chi connectivity index (χ0v) is 11.9. The summed E-state index contributed by atoms with van der Waals surface area (Å²) in [7, 11) is 0. The lowest BCUT2D eigenvalue weighted by Gasteiger charge is -2.21. The van der Waals surface area contributed by atoms with Gasteiger partial charge >= 0.3 is 5.97 Å². The molecule has 0 spiro atoms. The summed E-state index contributed by atoms with van der Waals surface area (Å²) in [6.45, 7) is 1.70. The molecule has 21 heavy (non-hydrogen) atoms. The van der Waals surface area contributed by atoms with Gasteiger partial charge in [-0.25, -0.2) is 0 Å². The van der Waals surface area contributed by atoms with Gasteiger partial charge in [0.05, 0.1) is 19.2 Å². The summed E-state index contributed by atoms with van der Waals surface area (Å²) in [5.41, 5.74) is 2.05. The van der Waals surface area contributed by atoms with Crippen molar-refractivity contribution in [1.29, 1.82) is 0 Å². The summed E-state index contributed by atoms with van der Waals surface area (Å²) in [4.78, 5) is 13.1. The van der Waals surface area contributed by atoms with Crippen molar-refractivity contribution in [2.45, 2.75) is 38.4 Å². The Morgan fingerprint density at radius 1 is 1.14 bits per heavy atom. The van der Waals surface area contributed by atoms with Crippen LogP contribution in [0.3, 0.4) is 0 Å². The minimum Gasteiger partial charge on any atom is -0.481 e. The number of carbonyl (C=O) groups is 1.